The van der Waals surface area contributed by atoms with Crippen molar-refractivity contribution in [2.24, 2.45) is 5.10 Å². The first kappa shape index (κ1) is 26.3. The van der Waals surface area contributed by atoms with Gasteiger partial charge in [-0.1, -0.05) is 42.5 Å². The Hall–Kier alpha value is -4.31. The zero-order chi connectivity index (χ0) is 25.9. The van der Waals surface area contributed by atoms with E-state index in [2.05, 4.69) is 21.2 Å². The summed E-state index contributed by atoms with van der Waals surface area (Å²) in [5.41, 5.74) is 4.91. The van der Waals surface area contributed by atoms with Gasteiger partial charge in [0.15, 0.2) is 17.7 Å². The van der Waals surface area contributed by atoms with Crippen LogP contribution < -0.4 is 25.5 Å². The highest BCUT2D eigenvalue weighted by Gasteiger charge is 2.32. The Kier molecular flexibility index (Phi) is 9.47. The number of aliphatic hydroxyl groups is 1. The molecule has 2 aromatic carbocycles. The van der Waals surface area contributed by atoms with Crippen molar-refractivity contribution in [3.8, 4) is 11.5 Å². The lowest BCUT2D eigenvalue weighted by molar-refractivity contribution is -0.136. The maximum Gasteiger partial charge on any atom is 0.337 e. The predicted molar refractivity (Wildman–Crippen MR) is 135 cm³/mol. The summed E-state index contributed by atoms with van der Waals surface area (Å²) in [4.78, 5) is 24.4. The number of urea groups is 1. The topological polar surface area (TPSA) is 131 Å². The molecule has 0 saturated carbocycles. The van der Waals surface area contributed by atoms with Crippen molar-refractivity contribution in [3.63, 3.8) is 0 Å². The number of hydrogen-bond acceptors (Lipinski definition) is 8. The molecule has 1 aliphatic heterocycles. The van der Waals surface area contributed by atoms with Gasteiger partial charge in [0.2, 0.25) is 0 Å². The van der Waals surface area contributed by atoms with Gasteiger partial charge in [-0.3, -0.25) is 5.43 Å². The third-order valence-electron chi connectivity index (χ3n) is 5.14. The van der Waals surface area contributed by atoms with Crippen molar-refractivity contribution in [1.29, 1.82) is 0 Å². The number of esters is 1. The van der Waals surface area contributed by atoms with Gasteiger partial charge in [-0.15, -0.1) is 0 Å². The summed E-state index contributed by atoms with van der Waals surface area (Å²) in [7, 11) is 1.28. The second-order valence-electron chi connectivity index (χ2n) is 7.70. The molecule has 2 atom stereocenters. The van der Waals surface area contributed by atoms with Crippen molar-refractivity contribution in [3.05, 3.63) is 77.0 Å². The molecule has 0 saturated heterocycles. The monoisotopic (exact) mass is 494 g/mol. The van der Waals surface area contributed by atoms with Crippen LogP contribution in [0.1, 0.15) is 31.0 Å². The Morgan fingerprint density at radius 2 is 1.97 bits per heavy atom. The van der Waals surface area contributed by atoms with Gasteiger partial charge in [-0.2, -0.15) is 5.10 Å². The minimum absolute atomic E-state index is 0.102. The number of hydrazone groups is 1. The van der Waals surface area contributed by atoms with Crippen molar-refractivity contribution in [2.45, 2.75) is 26.1 Å². The van der Waals surface area contributed by atoms with Crippen molar-refractivity contribution >= 4 is 24.3 Å². The molecule has 4 N–H and O–H groups in total. The van der Waals surface area contributed by atoms with Crippen LogP contribution in [0.25, 0.3) is 6.08 Å². The second-order valence-corrected chi connectivity index (χ2v) is 7.70. The summed E-state index contributed by atoms with van der Waals surface area (Å²) in [5.74, 6) is 0.220. The van der Waals surface area contributed by atoms with Gasteiger partial charge in [0.1, 0.15) is 6.61 Å². The average Bonchev–Trinajstić information content (AvgIpc) is 2.87. The maximum atomic E-state index is 12.3. The van der Waals surface area contributed by atoms with E-state index >= 15 is 0 Å². The number of hydrogen-bond donors (Lipinski definition) is 4. The van der Waals surface area contributed by atoms with E-state index in [1.54, 1.807) is 31.2 Å². The van der Waals surface area contributed by atoms with Crippen LogP contribution in [0.2, 0.25) is 0 Å². The van der Waals surface area contributed by atoms with E-state index in [4.69, 9.17) is 14.2 Å². The summed E-state index contributed by atoms with van der Waals surface area (Å²) in [6.07, 6.45) is 4.09. The van der Waals surface area contributed by atoms with Gasteiger partial charge in [0.25, 0.3) is 0 Å². The number of allylic oxidation sites excluding steroid dienone is 2. The minimum Gasteiger partial charge on any atom is -0.490 e. The molecule has 10 heteroatoms. The van der Waals surface area contributed by atoms with Crippen LogP contribution in [0, 0.1) is 0 Å². The summed E-state index contributed by atoms with van der Waals surface area (Å²) in [6, 6.07) is 13.6. The highest BCUT2D eigenvalue weighted by molar-refractivity contribution is 5.95. The zero-order valence-electron chi connectivity index (χ0n) is 20.4. The highest BCUT2D eigenvalue weighted by Crippen LogP contribution is 2.34. The normalized spacial score (nSPS) is 16.4. The number of benzene rings is 2. The van der Waals surface area contributed by atoms with E-state index in [0.29, 0.717) is 29.4 Å². The Morgan fingerprint density at radius 3 is 2.69 bits per heavy atom. The van der Waals surface area contributed by atoms with Gasteiger partial charge in [-0.25, -0.2) is 9.59 Å². The molecule has 1 heterocycles. The third kappa shape index (κ3) is 7.09. The van der Waals surface area contributed by atoms with Crippen LogP contribution in [0.15, 0.2) is 71.0 Å². The number of carbonyl (C=O) groups excluding carboxylic acids is 2. The first-order valence-corrected chi connectivity index (χ1v) is 11.4. The number of ether oxygens (including phenoxy) is 3. The fraction of sp³-hybridized carbons (Fsp3) is 0.269. The van der Waals surface area contributed by atoms with E-state index in [9.17, 15) is 14.7 Å². The standard InChI is InChI=1S/C26H30N4O6/c1-4-35-21-15-19(24-23(25(32)34-3)17(2)28-26(33)29-24)12-13-20(21)36-16-22(31)30-27-14-8-11-18-9-6-5-7-10-18/h5-15,22,24,30-31H,4,16H2,1-3H3,(H2,28,29,33)/b11-8+,27-14-/t22-,24+/m1/s1. The first-order valence-electron chi connectivity index (χ1n) is 11.4. The first-order chi connectivity index (χ1) is 17.4. The number of amides is 2. The molecule has 0 aliphatic carbocycles. The number of rotatable bonds is 11. The van der Waals surface area contributed by atoms with Gasteiger partial charge in [-0.05, 0) is 43.2 Å². The van der Waals surface area contributed by atoms with Crippen molar-refractivity contribution in [1.82, 2.24) is 16.1 Å². The van der Waals surface area contributed by atoms with Gasteiger partial charge >= 0.3 is 12.0 Å². The summed E-state index contributed by atoms with van der Waals surface area (Å²) >= 11 is 0. The lowest BCUT2D eigenvalue weighted by Gasteiger charge is -2.28. The smallest absolute Gasteiger partial charge is 0.337 e. The minimum atomic E-state index is -1.07. The molecule has 0 fully saturated rings. The van der Waals surface area contributed by atoms with Crippen LogP contribution in [0.5, 0.6) is 11.5 Å². The summed E-state index contributed by atoms with van der Waals surface area (Å²) in [6.45, 7) is 3.71. The lowest BCUT2D eigenvalue weighted by atomic mass is 9.95. The van der Waals surface area contributed by atoms with Crippen LogP contribution in [-0.4, -0.2) is 49.9 Å². The Bertz CT molecular complexity index is 1150. The number of nitrogens with one attached hydrogen (secondary N) is 3. The number of carbonyl (C=O) groups is 2. The van der Waals surface area contributed by atoms with E-state index in [1.807, 2.05) is 43.3 Å². The quantitative estimate of drug-likeness (QED) is 0.164. The molecule has 0 unspecified atom stereocenters. The zero-order valence-corrected chi connectivity index (χ0v) is 20.4. The fourth-order valence-electron chi connectivity index (χ4n) is 3.51. The molecule has 0 spiro atoms. The molecule has 10 nitrogen and oxygen atoms in total. The van der Waals surface area contributed by atoms with Gasteiger partial charge in [0.05, 0.1) is 25.3 Å². The molecule has 2 amide bonds. The molecule has 0 aromatic heterocycles. The number of aliphatic hydroxyl groups excluding tert-OH is 1. The number of methoxy groups -OCH3 is 1. The average molecular weight is 495 g/mol. The van der Waals surface area contributed by atoms with Gasteiger partial charge < -0.3 is 30.0 Å². The number of nitrogens with zero attached hydrogens (tertiary/aromatic N) is 1. The molecular formula is C26H30N4O6. The van der Waals surface area contributed by atoms with Crippen LogP contribution >= 0.6 is 0 Å². The summed E-state index contributed by atoms with van der Waals surface area (Å²) in [5, 5.41) is 19.4. The van der Waals surface area contributed by atoms with Crippen LogP contribution in [0.4, 0.5) is 4.79 Å². The van der Waals surface area contributed by atoms with E-state index in [-0.39, 0.29) is 12.2 Å². The Balaban J connectivity index is 1.65. The molecule has 0 radical (unpaired) electrons. The maximum absolute atomic E-state index is 12.3. The molecule has 190 valence electrons. The largest absolute Gasteiger partial charge is 0.490 e. The molecule has 36 heavy (non-hydrogen) atoms. The fourth-order valence-corrected chi connectivity index (χ4v) is 3.51. The molecule has 1 aliphatic rings. The van der Waals surface area contributed by atoms with E-state index < -0.39 is 24.3 Å². The van der Waals surface area contributed by atoms with Crippen molar-refractivity contribution < 1.29 is 28.9 Å². The third-order valence-corrected chi connectivity index (χ3v) is 5.14. The molecule has 2 aromatic rings. The summed E-state index contributed by atoms with van der Waals surface area (Å²) < 4.78 is 16.3. The SMILES string of the molecule is CCOc1cc([C@@H]2NC(=O)NC(C)=C2C(=O)OC)ccc1OC[C@@H](O)N/N=C\C=C\c1ccccc1. The molecule has 3 rings (SSSR count). The molecular weight excluding hydrogens is 464 g/mol. The van der Waals surface area contributed by atoms with Crippen molar-refractivity contribution in [2.75, 3.05) is 20.3 Å². The highest BCUT2D eigenvalue weighted by atomic mass is 16.5. The van der Waals surface area contributed by atoms with Gasteiger partial charge in [0, 0.05) is 11.9 Å². The lowest BCUT2D eigenvalue weighted by Crippen LogP contribution is -2.45. The van der Waals surface area contributed by atoms with Crippen LogP contribution in [-0.2, 0) is 9.53 Å². The van der Waals surface area contributed by atoms with E-state index in [1.165, 1.54) is 13.3 Å². The second kappa shape index (κ2) is 13.0. The predicted octanol–water partition coefficient (Wildman–Crippen LogP) is 2.87. The Labute approximate surface area is 209 Å². The van der Waals surface area contributed by atoms with E-state index in [0.717, 1.165) is 5.56 Å². The van der Waals surface area contributed by atoms with Crippen LogP contribution in [0.3, 0.4) is 0 Å². The molecule has 0 bridgehead atoms. The Morgan fingerprint density at radius 1 is 1.19 bits per heavy atom.